The fourth-order valence-corrected chi connectivity index (χ4v) is 2.66. The van der Waals surface area contributed by atoms with Crippen molar-refractivity contribution in [1.29, 1.82) is 0 Å². The van der Waals surface area contributed by atoms with Crippen molar-refractivity contribution in [1.82, 2.24) is 16.0 Å². The molecule has 0 bridgehead atoms. The summed E-state index contributed by atoms with van der Waals surface area (Å²) in [6, 6.07) is 7.16. The average Bonchev–Trinajstić information content (AvgIpc) is 2.67. The highest BCUT2D eigenvalue weighted by Gasteiger charge is 2.32. The molecule has 4 atom stereocenters. The number of aliphatic carboxylic acids is 1. The first-order valence-corrected chi connectivity index (χ1v) is 8.93. The second kappa shape index (κ2) is 10.9. The van der Waals surface area contributed by atoms with E-state index in [0.717, 1.165) is 5.56 Å². The quantitative estimate of drug-likeness (QED) is 0.428. The molecule has 0 spiro atoms. The van der Waals surface area contributed by atoms with Crippen molar-refractivity contribution in [2.24, 2.45) is 5.92 Å². The maximum Gasteiger partial charge on any atom is 0.308 e. The van der Waals surface area contributed by atoms with Crippen LogP contribution in [0.5, 0.6) is 0 Å². The normalized spacial score (nSPS) is 14.9. The summed E-state index contributed by atoms with van der Waals surface area (Å²) in [6.45, 7) is 4.99. The molecule has 0 saturated heterocycles. The Hall–Kier alpha value is -2.90. The molecular weight excluding hydrogens is 350 g/mol. The van der Waals surface area contributed by atoms with Crippen LogP contribution in [0.4, 0.5) is 0 Å². The monoisotopic (exact) mass is 377 g/mol. The van der Waals surface area contributed by atoms with Gasteiger partial charge in [-0.15, -0.1) is 0 Å². The summed E-state index contributed by atoms with van der Waals surface area (Å²) < 4.78 is 0. The fraction of sp³-hybridized carbons (Fsp3) is 0.474. The van der Waals surface area contributed by atoms with Gasteiger partial charge in [-0.1, -0.05) is 44.2 Å². The molecule has 0 fully saturated rings. The Morgan fingerprint density at radius 3 is 2.15 bits per heavy atom. The van der Waals surface area contributed by atoms with E-state index in [9.17, 15) is 19.2 Å². The Balaban J connectivity index is 2.83. The SMILES string of the molecule is CCC(NC(=O)[C@H](CC)NC(=O)[C@@H](NC=O)C(C)C(=O)O)c1ccccc1. The van der Waals surface area contributed by atoms with Gasteiger partial charge in [0.15, 0.2) is 0 Å². The van der Waals surface area contributed by atoms with Crippen LogP contribution in [0, 0.1) is 5.92 Å². The molecule has 8 heteroatoms. The van der Waals surface area contributed by atoms with Gasteiger partial charge in [0.25, 0.3) is 0 Å². The molecule has 4 N–H and O–H groups in total. The van der Waals surface area contributed by atoms with Crippen molar-refractivity contribution in [2.45, 2.75) is 51.7 Å². The third-order valence-electron chi connectivity index (χ3n) is 4.39. The minimum absolute atomic E-state index is 0.202. The minimum Gasteiger partial charge on any atom is -0.481 e. The molecule has 0 heterocycles. The van der Waals surface area contributed by atoms with Gasteiger partial charge in [0, 0.05) is 0 Å². The summed E-state index contributed by atoms with van der Waals surface area (Å²) in [5.74, 6) is -3.44. The number of carboxylic acid groups (broad SMARTS) is 1. The summed E-state index contributed by atoms with van der Waals surface area (Å²) in [5.41, 5.74) is 0.953. The Labute approximate surface area is 158 Å². The second-order valence-corrected chi connectivity index (χ2v) is 6.24. The Morgan fingerprint density at radius 1 is 1.04 bits per heavy atom. The molecule has 0 aromatic heterocycles. The summed E-state index contributed by atoms with van der Waals surface area (Å²) in [5, 5.41) is 16.7. The van der Waals surface area contributed by atoms with Gasteiger partial charge in [-0.3, -0.25) is 19.2 Å². The van der Waals surface area contributed by atoms with Crippen LogP contribution in [-0.4, -0.2) is 41.4 Å². The molecular formula is C19H27N3O5. The van der Waals surface area contributed by atoms with Gasteiger partial charge in [0.2, 0.25) is 18.2 Å². The van der Waals surface area contributed by atoms with Gasteiger partial charge in [0.1, 0.15) is 12.1 Å². The summed E-state index contributed by atoms with van der Waals surface area (Å²) in [4.78, 5) is 46.9. The number of carbonyl (C=O) groups excluding carboxylic acids is 3. The van der Waals surface area contributed by atoms with E-state index >= 15 is 0 Å². The third-order valence-corrected chi connectivity index (χ3v) is 4.39. The molecule has 1 aromatic rings. The van der Waals surface area contributed by atoms with Crippen LogP contribution in [0.3, 0.4) is 0 Å². The third kappa shape index (κ3) is 6.40. The van der Waals surface area contributed by atoms with Crippen molar-refractivity contribution in [3.05, 3.63) is 35.9 Å². The first-order valence-electron chi connectivity index (χ1n) is 8.93. The lowest BCUT2D eigenvalue weighted by Gasteiger charge is -2.25. The molecule has 2 unspecified atom stereocenters. The molecule has 0 saturated carbocycles. The van der Waals surface area contributed by atoms with Crippen molar-refractivity contribution in [2.75, 3.05) is 0 Å². The van der Waals surface area contributed by atoms with Gasteiger partial charge in [-0.25, -0.2) is 0 Å². The first-order chi connectivity index (χ1) is 12.8. The smallest absolute Gasteiger partial charge is 0.308 e. The van der Waals surface area contributed by atoms with Gasteiger partial charge in [-0.2, -0.15) is 0 Å². The van der Waals surface area contributed by atoms with E-state index in [1.807, 2.05) is 37.3 Å². The van der Waals surface area contributed by atoms with Crippen LogP contribution in [0.15, 0.2) is 30.3 Å². The number of nitrogens with one attached hydrogen (secondary N) is 3. The van der Waals surface area contributed by atoms with Gasteiger partial charge in [0.05, 0.1) is 12.0 Å². The Kier molecular flexibility index (Phi) is 8.98. The van der Waals surface area contributed by atoms with Gasteiger partial charge in [-0.05, 0) is 25.3 Å². The number of carbonyl (C=O) groups is 4. The maximum absolute atomic E-state index is 12.6. The van der Waals surface area contributed by atoms with Crippen molar-refractivity contribution in [3.63, 3.8) is 0 Å². The van der Waals surface area contributed by atoms with Crippen LogP contribution in [0.1, 0.15) is 45.2 Å². The van der Waals surface area contributed by atoms with Gasteiger partial charge >= 0.3 is 5.97 Å². The number of hydrogen-bond acceptors (Lipinski definition) is 4. The molecule has 148 valence electrons. The number of benzene rings is 1. The van der Waals surface area contributed by atoms with Crippen molar-refractivity contribution in [3.8, 4) is 0 Å². The Bertz CT molecular complexity index is 650. The lowest BCUT2D eigenvalue weighted by atomic mass is 10.0. The zero-order valence-corrected chi connectivity index (χ0v) is 15.8. The van der Waals surface area contributed by atoms with Gasteiger partial charge < -0.3 is 21.1 Å². The number of rotatable bonds is 11. The maximum atomic E-state index is 12.6. The number of amides is 3. The largest absolute Gasteiger partial charge is 0.481 e. The topological polar surface area (TPSA) is 125 Å². The van der Waals surface area contributed by atoms with E-state index in [2.05, 4.69) is 16.0 Å². The highest BCUT2D eigenvalue weighted by atomic mass is 16.4. The molecule has 8 nitrogen and oxygen atoms in total. The predicted molar refractivity (Wildman–Crippen MR) is 99.6 cm³/mol. The van der Waals surface area contributed by atoms with Crippen LogP contribution in [-0.2, 0) is 19.2 Å². The summed E-state index contributed by atoms with van der Waals surface area (Å²) in [7, 11) is 0. The standard InChI is InChI=1S/C19H27N3O5/c1-4-14(13-9-7-6-8-10-13)21-17(24)15(5-2)22-18(25)16(20-11-23)12(3)19(26)27/h6-12,14-16H,4-5H2,1-3H3,(H,20,23)(H,21,24)(H,22,25)(H,26,27)/t12?,14?,15-,16-/m0/s1. The predicted octanol–water partition coefficient (Wildman–Crippen LogP) is 0.984. The number of carboxylic acids is 1. The highest BCUT2D eigenvalue weighted by Crippen LogP contribution is 2.16. The zero-order chi connectivity index (χ0) is 20.4. The van der Waals surface area contributed by atoms with E-state index in [4.69, 9.17) is 5.11 Å². The van der Waals surface area contributed by atoms with E-state index in [0.29, 0.717) is 12.8 Å². The number of hydrogen-bond donors (Lipinski definition) is 4. The van der Waals surface area contributed by atoms with Crippen LogP contribution < -0.4 is 16.0 Å². The molecule has 1 rings (SSSR count). The first kappa shape index (κ1) is 22.1. The zero-order valence-electron chi connectivity index (χ0n) is 15.8. The van der Waals surface area contributed by atoms with Crippen LogP contribution >= 0.6 is 0 Å². The summed E-state index contributed by atoms with van der Waals surface area (Å²) >= 11 is 0. The highest BCUT2D eigenvalue weighted by molar-refractivity contribution is 5.93. The molecule has 0 radical (unpaired) electrons. The van der Waals surface area contributed by atoms with Crippen molar-refractivity contribution >= 4 is 24.2 Å². The van der Waals surface area contributed by atoms with Crippen LogP contribution in [0.2, 0.25) is 0 Å². The molecule has 0 aliphatic heterocycles. The minimum atomic E-state index is -1.27. The summed E-state index contributed by atoms with van der Waals surface area (Å²) in [6.07, 6.45) is 1.26. The molecule has 3 amide bonds. The van der Waals surface area contributed by atoms with Crippen molar-refractivity contribution < 1.29 is 24.3 Å². The van der Waals surface area contributed by atoms with Crippen LogP contribution in [0.25, 0.3) is 0 Å². The molecule has 0 aliphatic carbocycles. The fourth-order valence-electron chi connectivity index (χ4n) is 2.66. The molecule has 0 aliphatic rings. The molecule has 27 heavy (non-hydrogen) atoms. The van der Waals surface area contributed by atoms with E-state index in [1.165, 1.54) is 6.92 Å². The van der Waals surface area contributed by atoms with E-state index < -0.39 is 29.9 Å². The Morgan fingerprint density at radius 2 is 1.67 bits per heavy atom. The average molecular weight is 377 g/mol. The van der Waals surface area contributed by atoms with E-state index in [1.54, 1.807) is 6.92 Å². The van der Waals surface area contributed by atoms with E-state index in [-0.39, 0.29) is 18.4 Å². The lowest BCUT2D eigenvalue weighted by Crippen LogP contribution is -2.55. The second-order valence-electron chi connectivity index (χ2n) is 6.24. The molecule has 1 aromatic carbocycles. The lowest BCUT2D eigenvalue weighted by molar-refractivity contribution is -0.145.